The number of hydrogen-bond acceptors (Lipinski definition) is 6. The van der Waals surface area contributed by atoms with Crippen molar-refractivity contribution in [1.29, 1.82) is 0 Å². The number of benzene rings is 1. The van der Waals surface area contributed by atoms with Crippen molar-refractivity contribution < 1.29 is 9.42 Å². The summed E-state index contributed by atoms with van der Waals surface area (Å²) in [5.41, 5.74) is 3.31. The molecular weight excluding hydrogens is 338 g/mol. The van der Waals surface area contributed by atoms with E-state index in [2.05, 4.69) is 26.8 Å². The molecule has 7 nitrogen and oxygen atoms in total. The average Bonchev–Trinajstić information content (AvgIpc) is 3.35. The van der Waals surface area contributed by atoms with Gasteiger partial charge in [-0.15, -0.1) is 11.3 Å². The summed E-state index contributed by atoms with van der Waals surface area (Å²) in [6.45, 7) is 0.635. The molecule has 1 unspecified atom stereocenters. The standard InChI is InChI=1S/C17H13N5O2S/c23-15-7-12(11-4-1-5-14-16(11)21-24-20-14)13-8-18-22(17(13)19-15)9-10-3-2-6-25-10/h1-6,8,12H,7,9H2,(H,19,23). The quantitative estimate of drug-likeness (QED) is 0.613. The van der Waals surface area contributed by atoms with E-state index in [1.807, 2.05) is 40.5 Å². The minimum atomic E-state index is -0.114. The van der Waals surface area contributed by atoms with Crippen LogP contribution in [0.2, 0.25) is 0 Å². The summed E-state index contributed by atoms with van der Waals surface area (Å²) in [5, 5.41) is 17.4. The lowest BCUT2D eigenvalue weighted by atomic mass is 9.86. The molecule has 0 fully saturated rings. The van der Waals surface area contributed by atoms with Crippen LogP contribution in [0.5, 0.6) is 0 Å². The Morgan fingerprint density at radius 3 is 3.08 bits per heavy atom. The molecule has 3 aromatic heterocycles. The maximum atomic E-state index is 12.3. The molecule has 5 rings (SSSR count). The highest BCUT2D eigenvalue weighted by atomic mass is 32.1. The highest BCUT2D eigenvalue weighted by molar-refractivity contribution is 7.09. The number of carbonyl (C=O) groups excluding carboxylic acids is 1. The van der Waals surface area contributed by atoms with Gasteiger partial charge in [-0.3, -0.25) is 4.79 Å². The van der Waals surface area contributed by atoms with Crippen molar-refractivity contribution in [3.8, 4) is 0 Å². The van der Waals surface area contributed by atoms with Crippen molar-refractivity contribution >= 4 is 34.1 Å². The highest BCUT2D eigenvalue weighted by Gasteiger charge is 2.31. The van der Waals surface area contributed by atoms with Crippen molar-refractivity contribution in [2.45, 2.75) is 18.9 Å². The van der Waals surface area contributed by atoms with E-state index in [-0.39, 0.29) is 11.8 Å². The second kappa shape index (κ2) is 5.52. The highest BCUT2D eigenvalue weighted by Crippen LogP contribution is 2.39. The van der Waals surface area contributed by atoms with Gasteiger partial charge in [0.25, 0.3) is 0 Å². The SMILES string of the molecule is O=C1CC(c2cccc3nonc23)c2cnn(Cc3cccs3)c2N1. The van der Waals surface area contributed by atoms with Gasteiger partial charge in [0, 0.05) is 22.8 Å². The van der Waals surface area contributed by atoms with Gasteiger partial charge in [-0.05, 0) is 33.4 Å². The van der Waals surface area contributed by atoms with Crippen LogP contribution in [0.1, 0.15) is 28.3 Å². The lowest BCUT2D eigenvalue weighted by Gasteiger charge is -2.23. The van der Waals surface area contributed by atoms with Crippen molar-refractivity contribution in [3.05, 3.63) is 57.9 Å². The molecule has 8 heteroatoms. The Hall–Kier alpha value is -3.00. The fourth-order valence-electron chi connectivity index (χ4n) is 3.33. The van der Waals surface area contributed by atoms with Crippen LogP contribution in [0.15, 0.2) is 46.5 Å². The predicted octanol–water partition coefficient (Wildman–Crippen LogP) is 3.00. The van der Waals surface area contributed by atoms with Crippen LogP contribution in [-0.2, 0) is 11.3 Å². The molecule has 1 N–H and O–H groups in total. The number of fused-ring (bicyclic) bond motifs is 2. The summed E-state index contributed by atoms with van der Waals surface area (Å²) >= 11 is 1.67. The normalized spacial score (nSPS) is 16.8. The van der Waals surface area contributed by atoms with Gasteiger partial charge in [0.05, 0.1) is 12.7 Å². The fourth-order valence-corrected chi connectivity index (χ4v) is 4.01. The van der Waals surface area contributed by atoms with Crippen LogP contribution in [0, 0.1) is 0 Å². The number of aromatic nitrogens is 4. The summed E-state index contributed by atoms with van der Waals surface area (Å²) < 4.78 is 6.71. The summed E-state index contributed by atoms with van der Waals surface area (Å²) in [4.78, 5) is 13.5. The largest absolute Gasteiger partial charge is 0.311 e. The van der Waals surface area contributed by atoms with Crippen LogP contribution in [0.3, 0.4) is 0 Å². The molecule has 1 aliphatic rings. The van der Waals surface area contributed by atoms with Crippen molar-refractivity contribution in [2.75, 3.05) is 5.32 Å². The van der Waals surface area contributed by atoms with E-state index < -0.39 is 0 Å². The Morgan fingerprint density at radius 1 is 1.24 bits per heavy atom. The van der Waals surface area contributed by atoms with E-state index in [0.29, 0.717) is 24.0 Å². The molecule has 0 radical (unpaired) electrons. The van der Waals surface area contributed by atoms with Crippen LogP contribution in [-0.4, -0.2) is 26.0 Å². The molecular formula is C17H13N5O2S. The molecule has 0 aliphatic carbocycles. The molecule has 0 saturated carbocycles. The third-order valence-corrected chi connectivity index (χ3v) is 5.33. The maximum Gasteiger partial charge on any atom is 0.226 e. The van der Waals surface area contributed by atoms with Gasteiger partial charge >= 0.3 is 0 Å². The molecule has 0 saturated heterocycles. The number of thiophene rings is 1. The summed E-state index contributed by atoms with van der Waals surface area (Å²) in [5.74, 6) is 0.610. The minimum Gasteiger partial charge on any atom is -0.311 e. The fraction of sp³-hybridized carbons (Fsp3) is 0.176. The first-order valence-electron chi connectivity index (χ1n) is 7.89. The van der Waals surface area contributed by atoms with Crippen molar-refractivity contribution in [3.63, 3.8) is 0 Å². The van der Waals surface area contributed by atoms with Crippen LogP contribution < -0.4 is 5.32 Å². The second-order valence-corrected chi connectivity index (χ2v) is 7.00. The molecule has 25 heavy (non-hydrogen) atoms. The Kier molecular flexibility index (Phi) is 3.17. The molecule has 0 spiro atoms. The second-order valence-electron chi connectivity index (χ2n) is 5.97. The zero-order valence-corrected chi connectivity index (χ0v) is 13.9. The van der Waals surface area contributed by atoms with E-state index >= 15 is 0 Å². The lowest BCUT2D eigenvalue weighted by molar-refractivity contribution is -0.116. The molecule has 4 heterocycles. The molecule has 1 amide bonds. The number of hydrogen-bond donors (Lipinski definition) is 1. The van der Waals surface area contributed by atoms with E-state index in [9.17, 15) is 4.79 Å². The smallest absolute Gasteiger partial charge is 0.226 e. The van der Waals surface area contributed by atoms with Crippen molar-refractivity contribution in [2.24, 2.45) is 0 Å². The average molecular weight is 351 g/mol. The summed E-state index contributed by atoms with van der Waals surface area (Å²) in [6.07, 6.45) is 2.18. The predicted molar refractivity (Wildman–Crippen MR) is 92.5 cm³/mol. The molecule has 1 atom stereocenters. The van der Waals surface area contributed by atoms with E-state index in [4.69, 9.17) is 4.63 Å². The Morgan fingerprint density at radius 2 is 2.20 bits per heavy atom. The number of nitrogens with one attached hydrogen (secondary N) is 1. The van der Waals surface area contributed by atoms with Gasteiger partial charge < -0.3 is 5.32 Å². The Labute approximate surface area is 146 Å². The Bertz CT molecular complexity index is 1070. The molecule has 124 valence electrons. The Balaban J connectivity index is 1.61. The summed E-state index contributed by atoms with van der Waals surface area (Å²) in [6, 6.07) is 9.79. The maximum absolute atomic E-state index is 12.3. The van der Waals surface area contributed by atoms with Gasteiger partial charge in [0.2, 0.25) is 5.91 Å². The lowest BCUT2D eigenvalue weighted by Crippen LogP contribution is -2.25. The number of amides is 1. The van der Waals surface area contributed by atoms with Crippen LogP contribution >= 0.6 is 11.3 Å². The first kappa shape index (κ1) is 14.4. The third kappa shape index (κ3) is 2.33. The molecule has 1 aromatic carbocycles. The zero-order chi connectivity index (χ0) is 16.8. The monoisotopic (exact) mass is 351 g/mol. The minimum absolute atomic E-state index is 0.0288. The molecule has 0 bridgehead atoms. The molecule has 1 aliphatic heterocycles. The zero-order valence-electron chi connectivity index (χ0n) is 13.0. The third-order valence-electron chi connectivity index (χ3n) is 4.47. The van der Waals surface area contributed by atoms with Gasteiger partial charge in [-0.2, -0.15) is 5.10 Å². The first-order valence-corrected chi connectivity index (χ1v) is 8.76. The first-order chi connectivity index (χ1) is 12.3. The van der Waals surface area contributed by atoms with Crippen LogP contribution in [0.25, 0.3) is 11.0 Å². The molecule has 4 aromatic rings. The number of carbonyl (C=O) groups is 1. The van der Waals surface area contributed by atoms with Gasteiger partial charge in [-0.1, -0.05) is 18.2 Å². The topological polar surface area (TPSA) is 85.8 Å². The van der Waals surface area contributed by atoms with Crippen LogP contribution in [0.4, 0.5) is 5.82 Å². The number of rotatable bonds is 3. The van der Waals surface area contributed by atoms with Gasteiger partial charge in [0.15, 0.2) is 0 Å². The number of nitrogens with zero attached hydrogens (tertiary/aromatic N) is 4. The van der Waals surface area contributed by atoms with E-state index in [0.717, 1.165) is 16.9 Å². The van der Waals surface area contributed by atoms with Crippen molar-refractivity contribution in [1.82, 2.24) is 20.1 Å². The van der Waals surface area contributed by atoms with Gasteiger partial charge in [0.1, 0.15) is 16.9 Å². The number of anilines is 1. The summed E-state index contributed by atoms with van der Waals surface area (Å²) in [7, 11) is 0. The van der Waals surface area contributed by atoms with E-state index in [1.54, 1.807) is 11.3 Å². The van der Waals surface area contributed by atoms with Gasteiger partial charge in [-0.25, -0.2) is 9.31 Å². The van der Waals surface area contributed by atoms with E-state index in [1.165, 1.54) is 4.88 Å².